The van der Waals surface area contributed by atoms with Crippen molar-refractivity contribution in [3.63, 3.8) is 0 Å². The van der Waals surface area contributed by atoms with Crippen LogP contribution in [0.1, 0.15) is 69.7 Å². The van der Waals surface area contributed by atoms with E-state index in [4.69, 9.17) is 16.1 Å². The van der Waals surface area contributed by atoms with Gasteiger partial charge in [-0.1, -0.05) is 5.16 Å². The molecule has 2 aromatic heterocycles. The van der Waals surface area contributed by atoms with E-state index in [0.29, 0.717) is 34.7 Å². The maximum atomic E-state index is 13.4. The summed E-state index contributed by atoms with van der Waals surface area (Å²) in [4.78, 5) is 13.4. The maximum Gasteiger partial charge on any atom is 0.255 e. The van der Waals surface area contributed by atoms with Gasteiger partial charge in [-0.05, 0) is 88.7 Å². The van der Waals surface area contributed by atoms with Gasteiger partial charge in [0.05, 0.1) is 22.9 Å². The number of nitrogens with one attached hydrogen (secondary N) is 1. The predicted molar refractivity (Wildman–Crippen MR) is 112 cm³/mol. The molecular formula is C22H29ClN4O3. The van der Waals surface area contributed by atoms with Crippen molar-refractivity contribution >= 4 is 17.5 Å². The number of fused-ring (bicyclic) bond motifs is 2. The monoisotopic (exact) mass is 432 g/mol. The first-order valence-corrected chi connectivity index (χ1v) is 11.3. The Bertz CT molecular complexity index is 977. The minimum Gasteiger partial charge on any atom is -0.390 e. The third-order valence-electron chi connectivity index (χ3n) is 7.26. The molecule has 0 radical (unpaired) electrons. The molecule has 5 rings (SSSR count). The molecule has 0 spiro atoms. The second-order valence-electron chi connectivity index (χ2n) is 10.5. The predicted octanol–water partition coefficient (Wildman–Crippen LogP) is 4.01. The Labute approximate surface area is 181 Å². The van der Waals surface area contributed by atoms with E-state index in [1.807, 2.05) is 20.8 Å². The van der Waals surface area contributed by atoms with E-state index in [1.165, 1.54) is 6.42 Å². The molecule has 1 amide bonds. The molecule has 0 aromatic carbocycles. The molecule has 30 heavy (non-hydrogen) atoms. The standard InChI is InChI=1S/C22H29ClN4O3/c1-21(2,3)27-19(17-7-18(23)30-26-17)15(11-24-27)20(28)25-16-5-4-12-6-13-9-22(29,8-12)10-14(13)16/h7,11-14,16,29H,4-6,8-10H2,1-3H3,(H,25,28). The number of amides is 1. The van der Waals surface area contributed by atoms with Gasteiger partial charge in [0.25, 0.3) is 5.91 Å². The van der Waals surface area contributed by atoms with E-state index < -0.39 is 5.60 Å². The number of hydrogen-bond donors (Lipinski definition) is 2. The van der Waals surface area contributed by atoms with Crippen LogP contribution < -0.4 is 5.32 Å². The fourth-order valence-corrected chi connectivity index (χ4v) is 6.32. The van der Waals surface area contributed by atoms with Crippen molar-refractivity contribution in [3.8, 4) is 11.4 Å². The van der Waals surface area contributed by atoms with Crippen LogP contribution in [-0.2, 0) is 5.54 Å². The molecule has 8 heteroatoms. The van der Waals surface area contributed by atoms with Gasteiger partial charge in [0, 0.05) is 12.1 Å². The Morgan fingerprint density at radius 1 is 1.33 bits per heavy atom. The highest BCUT2D eigenvalue weighted by atomic mass is 35.5. The van der Waals surface area contributed by atoms with Gasteiger partial charge in [0.15, 0.2) is 0 Å². The van der Waals surface area contributed by atoms with Gasteiger partial charge in [-0.25, -0.2) is 0 Å². The largest absolute Gasteiger partial charge is 0.390 e. The second kappa shape index (κ2) is 6.82. The molecular weight excluding hydrogens is 404 g/mol. The second-order valence-corrected chi connectivity index (χ2v) is 10.9. The van der Waals surface area contributed by atoms with Crippen LogP contribution in [0, 0.1) is 17.8 Å². The van der Waals surface area contributed by atoms with Crippen LogP contribution in [0.4, 0.5) is 0 Å². The first kappa shape index (κ1) is 20.1. The third kappa shape index (κ3) is 3.36. The van der Waals surface area contributed by atoms with Gasteiger partial charge in [-0.2, -0.15) is 5.10 Å². The highest BCUT2D eigenvalue weighted by Gasteiger charge is 2.53. The Morgan fingerprint density at radius 2 is 2.13 bits per heavy atom. The van der Waals surface area contributed by atoms with Crippen LogP contribution in [-0.4, -0.2) is 37.6 Å². The zero-order chi connectivity index (χ0) is 21.3. The van der Waals surface area contributed by atoms with Crippen molar-refractivity contribution in [2.75, 3.05) is 0 Å². The molecule has 3 aliphatic carbocycles. The Morgan fingerprint density at radius 3 is 2.83 bits per heavy atom. The van der Waals surface area contributed by atoms with Crippen molar-refractivity contribution in [1.29, 1.82) is 0 Å². The van der Waals surface area contributed by atoms with Gasteiger partial charge in [0.2, 0.25) is 5.22 Å². The SMILES string of the molecule is CC(C)(C)n1ncc(C(=O)NC2CCC3CC4CC(O)(C3)CC42)c1-c1cc(Cl)on1. The zero-order valence-electron chi connectivity index (χ0n) is 17.7. The third-order valence-corrected chi connectivity index (χ3v) is 7.44. The van der Waals surface area contributed by atoms with Gasteiger partial charge in [-0.3, -0.25) is 9.48 Å². The topological polar surface area (TPSA) is 93.2 Å². The van der Waals surface area contributed by atoms with Crippen molar-refractivity contribution in [3.05, 3.63) is 23.0 Å². The lowest BCUT2D eigenvalue weighted by atomic mass is 9.77. The van der Waals surface area contributed by atoms with Gasteiger partial charge in [0.1, 0.15) is 11.4 Å². The van der Waals surface area contributed by atoms with E-state index in [9.17, 15) is 9.90 Å². The normalized spacial score (nSPS) is 33.0. The van der Waals surface area contributed by atoms with E-state index in [1.54, 1.807) is 16.9 Å². The summed E-state index contributed by atoms with van der Waals surface area (Å²) in [5.41, 5.74) is 0.698. The summed E-state index contributed by atoms with van der Waals surface area (Å²) in [6, 6.07) is 1.69. The van der Waals surface area contributed by atoms with Crippen molar-refractivity contribution < 1.29 is 14.4 Å². The van der Waals surface area contributed by atoms with Crippen LogP contribution >= 0.6 is 11.6 Å². The first-order chi connectivity index (χ1) is 14.1. The summed E-state index contributed by atoms with van der Waals surface area (Å²) in [6.45, 7) is 6.07. The molecule has 3 aliphatic rings. The van der Waals surface area contributed by atoms with Gasteiger partial charge in [-0.15, -0.1) is 0 Å². The summed E-state index contributed by atoms with van der Waals surface area (Å²) in [5, 5.41) is 22.9. The molecule has 0 saturated heterocycles. The molecule has 2 heterocycles. The molecule has 2 N–H and O–H groups in total. The maximum absolute atomic E-state index is 13.4. The van der Waals surface area contributed by atoms with Crippen LogP contribution in [0.25, 0.3) is 11.4 Å². The number of carbonyl (C=O) groups is 1. The molecule has 7 nitrogen and oxygen atoms in total. The van der Waals surface area contributed by atoms with Crippen LogP contribution in [0.2, 0.25) is 5.22 Å². The van der Waals surface area contributed by atoms with E-state index in [-0.39, 0.29) is 22.7 Å². The summed E-state index contributed by atoms with van der Waals surface area (Å²) < 4.78 is 6.85. The number of nitrogens with zero attached hydrogens (tertiary/aromatic N) is 3. The highest BCUT2D eigenvalue weighted by Crippen LogP contribution is 2.55. The lowest BCUT2D eigenvalue weighted by Crippen LogP contribution is -2.42. The van der Waals surface area contributed by atoms with Crippen molar-refractivity contribution in [2.24, 2.45) is 17.8 Å². The van der Waals surface area contributed by atoms with Crippen molar-refractivity contribution in [1.82, 2.24) is 20.3 Å². The van der Waals surface area contributed by atoms with Crippen LogP contribution in [0.15, 0.2) is 16.8 Å². The van der Waals surface area contributed by atoms with Crippen molar-refractivity contribution in [2.45, 2.75) is 76.5 Å². The molecule has 0 aliphatic heterocycles. The summed E-state index contributed by atoms with van der Waals surface area (Å²) in [5.74, 6) is 1.27. The summed E-state index contributed by atoms with van der Waals surface area (Å²) in [7, 11) is 0. The number of hydrogen-bond acceptors (Lipinski definition) is 5. The molecule has 2 aromatic rings. The minimum absolute atomic E-state index is 0.0774. The molecule has 5 unspecified atom stereocenters. The fraction of sp³-hybridized carbons (Fsp3) is 0.682. The Hall–Kier alpha value is -1.86. The number of halogens is 1. The Kier molecular flexibility index (Phi) is 4.56. The highest BCUT2D eigenvalue weighted by molar-refractivity contribution is 6.29. The smallest absolute Gasteiger partial charge is 0.255 e. The number of rotatable bonds is 3. The lowest BCUT2D eigenvalue weighted by molar-refractivity contribution is -0.00594. The fourth-order valence-electron chi connectivity index (χ4n) is 6.18. The Balaban J connectivity index is 1.45. The quantitative estimate of drug-likeness (QED) is 0.764. The molecule has 3 bridgehead atoms. The molecule has 3 fully saturated rings. The number of carbonyl (C=O) groups excluding carboxylic acids is 1. The summed E-state index contributed by atoms with van der Waals surface area (Å²) >= 11 is 5.96. The average Bonchev–Trinajstić information content (AvgIpc) is 3.31. The lowest BCUT2D eigenvalue weighted by Gasteiger charge is -2.33. The number of aliphatic hydroxyl groups is 1. The molecule has 5 atom stereocenters. The molecule has 3 saturated carbocycles. The van der Waals surface area contributed by atoms with E-state index in [2.05, 4.69) is 15.6 Å². The van der Waals surface area contributed by atoms with Crippen LogP contribution in [0.5, 0.6) is 0 Å². The number of aromatic nitrogens is 3. The molecule has 162 valence electrons. The van der Waals surface area contributed by atoms with Gasteiger partial charge >= 0.3 is 0 Å². The van der Waals surface area contributed by atoms with E-state index in [0.717, 1.165) is 32.1 Å². The van der Waals surface area contributed by atoms with Gasteiger partial charge < -0.3 is 14.9 Å². The minimum atomic E-state index is -0.526. The summed E-state index contributed by atoms with van der Waals surface area (Å²) in [6.07, 6.45) is 7.42. The van der Waals surface area contributed by atoms with E-state index >= 15 is 0 Å². The average molecular weight is 433 g/mol. The van der Waals surface area contributed by atoms with Crippen LogP contribution in [0.3, 0.4) is 0 Å². The first-order valence-electron chi connectivity index (χ1n) is 10.9. The zero-order valence-corrected chi connectivity index (χ0v) is 18.4.